The van der Waals surface area contributed by atoms with Crippen LogP contribution in [0.2, 0.25) is 0 Å². The summed E-state index contributed by atoms with van der Waals surface area (Å²) in [5.74, 6) is -0.571. The molecule has 0 radical (unpaired) electrons. The third-order valence-corrected chi connectivity index (χ3v) is 4.22. The van der Waals surface area contributed by atoms with E-state index in [1.54, 1.807) is 0 Å². The van der Waals surface area contributed by atoms with E-state index < -0.39 is 6.03 Å². The van der Waals surface area contributed by atoms with E-state index in [-0.39, 0.29) is 24.9 Å². The summed E-state index contributed by atoms with van der Waals surface area (Å²) in [5, 5.41) is 2.81. The van der Waals surface area contributed by atoms with E-state index in [2.05, 4.69) is 11.4 Å². The molecule has 116 valence electrons. The highest BCUT2D eigenvalue weighted by Crippen LogP contribution is 2.24. The largest absolute Gasteiger partial charge is 0.327 e. The van der Waals surface area contributed by atoms with Crippen LogP contribution >= 0.6 is 0 Å². The maximum Gasteiger partial charge on any atom is 0.327 e. The first-order chi connectivity index (χ1) is 10.5. The molecule has 1 aliphatic carbocycles. The van der Waals surface area contributed by atoms with Crippen LogP contribution < -0.4 is 5.32 Å². The van der Waals surface area contributed by atoms with Gasteiger partial charge in [-0.05, 0) is 48.9 Å². The van der Waals surface area contributed by atoms with Gasteiger partial charge in [0.05, 0.1) is 0 Å². The first kappa shape index (κ1) is 14.6. The van der Waals surface area contributed by atoms with Crippen LogP contribution in [-0.2, 0) is 22.4 Å². The number of hydrogen-bond donors (Lipinski definition) is 1. The molecule has 1 saturated heterocycles. The Morgan fingerprint density at radius 2 is 1.91 bits per heavy atom. The molecule has 0 aromatic heterocycles. The minimum atomic E-state index is -0.425. The Balaban J connectivity index is 1.62. The Morgan fingerprint density at radius 3 is 2.59 bits per heavy atom. The summed E-state index contributed by atoms with van der Waals surface area (Å²) in [4.78, 5) is 37.5. The van der Waals surface area contributed by atoms with E-state index in [0.717, 1.165) is 23.4 Å². The molecule has 1 fully saturated rings. The lowest BCUT2D eigenvalue weighted by Crippen LogP contribution is -2.36. The van der Waals surface area contributed by atoms with Crippen molar-refractivity contribution in [2.24, 2.45) is 0 Å². The van der Waals surface area contributed by atoms with E-state index in [0.29, 0.717) is 0 Å². The van der Waals surface area contributed by atoms with Gasteiger partial charge in [0.15, 0.2) is 0 Å². The number of imide groups is 1. The molecule has 1 aromatic carbocycles. The molecule has 1 aliphatic heterocycles. The van der Waals surface area contributed by atoms with Gasteiger partial charge in [0.2, 0.25) is 11.8 Å². The zero-order valence-electron chi connectivity index (χ0n) is 12.6. The fraction of sp³-hybridized carbons (Fsp3) is 0.438. The number of nitrogens with one attached hydrogen (secondary N) is 1. The quantitative estimate of drug-likeness (QED) is 0.858. The summed E-state index contributed by atoms with van der Waals surface area (Å²) >= 11 is 0. The van der Waals surface area contributed by atoms with Crippen molar-refractivity contribution in [1.29, 1.82) is 0 Å². The normalized spacial score (nSPS) is 17.7. The molecule has 2 aliphatic rings. The fourth-order valence-electron chi connectivity index (χ4n) is 2.96. The number of benzene rings is 1. The molecule has 6 nitrogen and oxygen atoms in total. The van der Waals surface area contributed by atoms with E-state index in [4.69, 9.17) is 0 Å². The van der Waals surface area contributed by atoms with Gasteiger partial charge in [0.1, 0.15) is 13.1 Å². The number of hydrogen-bond acceptors (Lipinski definition) is 3. The topological polar surface area (TPSA) is 69.7 Å². The van der Waals surface area contributed by atoms with Crippen molar-refractivity contribution in [3.8, 4) is 0 Å². The molecule has 3 rings (SSSR count). The van der Waals surface area contributed by atoms with Gasteiger partial charge < -0.3 is 10.2 Å². The molecule has 4 amide bonds. The van der Waals surface area contributed by atoms with Gasteiger partial charge in [0.25, 0.3) is 0 Å². The van der Waals surface area contributed by atoms with Crippen LogP contribution in [0.25, 0.3) is 0 Å². The molecule has 6 heteroatoms. The van der Waals surface area contributed by atoms with Gasteiger partial charge in [-0.25, -0.2) is 4.79 Å². The minimum absolute atomic E-state index is 0.0348. The zero-order chi connectivity index (χ0) is 15.7. The lowest BCUT2D eigenvalue weighted by Gasteiger charge is -2.18. The van der Waals surface area contributed by atoms with Crippen molar-refractivity contribution in [3.63, 3.8) is 0 Å². The summed E-state index contributed by atoms with van der Waals surface area (Å²) in [6.45, 7) is -0.140. The Kier molecular flexibility index (Phi) is 3.83. The molecule has 0 saturated carbocycles. The zero-order valence-corrected chi connectivity index (χ0v) is 12.6. The predicted molar refractivity (Wildman–Crippen MR) is 81.5 cm³/mol. The lowest BCUT2D eigenvalue weighted by molar-refractivity contribution is -0.124. The predicted octanol–water partition coefficient (Wildman–Crippen LogP) is 1.40. The van der Waals surface area contributed by atoms with Gasteiger partial charge in [-0.3, -0.25) is 14.5 Å². The SMILES string of the molecule is CN1C(=O)CN(CC(=O)Nc2ccc3c(c2)CCCC3)C1=O. The number of nitrogens with zero attached hydrogens (tertiary/aromatic N) is 2. The van der Waals surface area contributed by atoms with E-state index >= 15 is 0 Å². The maximum atomic E-state index is 12.1. The number of carbonyl (C=O) groups is 3. The molecule has 0 atom stereocenters. The lowest BCUT2D eigenvalue weighted by atomic mass is 9.91. The van der Waals surface area contributed by atoms with Crippen LogP contribution in [0, 0.1) is 0 Å². The second-order valence-electron chi connectivity index (χ2n) is 5.83. The average molecular weight is 301 g/mol. The number of rotatable bonds is 3. The summed E-state index contributed by atoms with van der Waals surface area (Å²) in [6, 6.07) is 5.54. The summed E-state index contributed by atoms with van der Waals surface area (Å²) in [7, 11) is 1.42. The molecule has 0 spiro atoms. The number of amides is 4. The van der Waals surface area contributed by atoms with Crippen molar-refractivity contribution >= 4 is 23.5 Å². The smallest absolute Gasteiger partial charge is 0.325 e. The second-order valence-corrected chi connectivity index (χ2v) is 5.83. The first-order valence-electron chi connectivity index (χ1n) is 7.52. The Morgan fingerprint density at radius 1 is 1.18 bits per heavy atom. The number of aryl methyl sites for hydroxylation is 2. The molecule has 1 N–H and O–H groups in total. The first-order valence-corrected chi connectivity index (χ1v) is 7.52. The van der Waals surface area contributed by atoms with Crippen LogP contribution in [-0.4, -0.2) is 47.8 Å². The van der Waals surface area contributed by atoms with Crippen LogP contribution in [0.1, 0.15) is 24.0 Å². The average Bonchev–Trinajstić information content (AvgIpc) is 2.74. The molecule has 1 aromatic rings. The van der Waals surface area contributed by atoms with Crippen LogP contribution in [0.3, 0.4) is 0 Å². The highest BCUT2D eigenvalue weighted by molar-refractivity contribution is 6.04. The van der Waals surface area contributed by atoms with Crippen molar-refractivity contribution < 1.29 is 14.4 Å². The van der Waals surface area contributed by atoms with Crippen LogP contribution in [0.5, 0.6) is 0 Å². The second kappa shape index (κ2) is 5.79. The third-order valence-electron chi connectivity index (χ3n) is 4.22. The fourth-order valence-corrected chi connectivity index (χ4v) is 2.96. The maximum absolute atomic E-state index is 12.1. The van der Waals surface area contributed by atoms with Crippen molar-refractivity contribution in [1.82, 2.24) is 9.80 Å². The minimum Gasteiger partial charge on any atom is -0.325 e. The standard InChI is InChI=1S/C16H19N3O3/c1-18-15(21)10-19(16(18)22)9-14(20)17-13-7-6-11-4-2-3-5-12(11)8-13/h6-8H,2-5,9-10H2,1H3,(H,17,20). The number of anilines is 1. The molecule has 0 bridgehead atoms. The van der Waals surface area contributed by atoms with Gasteiger partial charge in [-0.1, -0.05) is 6.07 Å². The number of carbonyl (C=O) groups excluding carboxylic acids is 3. The summed E-state index contributed by atoms with van der Waals surface area (Å²) in [6.07, 6.45) is 4.54. The van der Waals surface area contributed by atoms with Gasteiger partial charge in [0, 0.05) is 12.7 Å². The Hall–Kier alpha value is -2.37. The molecule has 1 heterocycles. The molecular formula is C16H19N3O3. The number of fused-ring (bicyclic) bond motifs is 1. The van der Waals surface area contributed by atoms with E-state index in [1.165, 1.54) is 35.9 Å². The molecule has 0 unspecified atom stereocenters. The summed E-state index contributed by atoms with van der Waals surface area (Å²) < 4.78 is 0. The van der Waals surface area contributed by atoms with E-state index in [9.17, 15) is 14.4 Å². The number of urea groups is 1. The van der Waals surface area contributed by atoms with Gasteiger partial charge in [-0.2, -0.15) is 0 Å². The van der Waals surface area contributed by atoms with Gasteiger partial charge >= 0.3 is 6.03 Å². The highest BCUT2D eigenvalue weighted by Gasteiger charge is 2.33. The highest BCUT2D eigenvalue weighted by atomic mass is 16.2. The van der Waals surface area contributed by atoms with Crippen molar-refractivity contribution in [2.45, 2.75) is 25.7 Å². The van der Waals surface area contributed by atoms with Gasteiger partial charge in [-0.15, -0.1) is 0 Å². The molecular weight excluding hydrogens is 282 g/mol. The third kappa shape index (κ3) is 2.81. The Labute approximate surface area is 129 Å². The Bertz CT molecular complexity index is 642. The van der Waals surface area contributed by atoms with Crippen molar-refractivity contribution in [3.05, 3.63) is 29.3 Å². The number of likely N-dealkylation sites (N-methyl/N-ethyl adjacent to an activating group) is 1. The molecule has 22 heavy (non-hydrogen) atoms. The van der Waals surface area contributed by atoms with Crippen LogP contribution in [0.4, 0.5) is 10.5 Å². The van der Waals surface area contributed by atoms with Crippen LogP contribution in [0.15, 0.2) is 18.2 Å². The van der Waals surface area contributed by atoms with Crippen molar-refractivity contribution in [2.75, 3.05) is 25.5 Å². The van der Waals surface area contributed by atoms with E-state index in [1.807, 2.05) is 12.1 Å². The monoisotopic (exact) mass is 301 g/mol. The summed E-state index contributed by atoms with van der Waals surface area (Å²) in [5.41, 5.74) is 3.39.